The molecule has 0 fully saturated rings. The molecule has 118 valence electrons. The van der Waals surface area contributed by atoms with E-state index in [2.05, 4.69) is 10.0 Å². The SMILES string of the molecule is COc1ccc(N)cc1S(=O)(=O)NCC(=O)NCC(C)C. The van der Waals surface area contributed by atoms with Gasteiger partial charge in [0.2, 0.25) is 15.9 Å². The van der Waals surface area contributed by atoms with Crippen molar-refractivity contribution in [2.24, 2.45) is 5.92 Å². The molecule has 8 heteroatoms. The van der Waals surface area contributed by atoms with Gasteiger partial charge >= 0.3 is 0 Å². The lowest BCUT2D eigenvalue weighted by Gasteiger charge is -2.12. The van der Waals surface area contributed by atoms with E-state index in [4.69, 9.17) is 10.5 Å². The number of carbonyl (C=O) groups is 1. The molecule has 1 aromatic rings. The van der Waals surface area contributed by atoms with Gasteiger partial charge in [-0.25, -0.2) is 13.1 Å². The van der Waals surface area contributed by atoms with E-state index in [9.17, 15) is 13.2 Å². The molecule has 1 rings (SSSR count). The maximum Gasteiger partial charge on any atom is 0.244 e. The van der Waals surface area contributed by atoms with Crippen molar-refractivity contribution in [3.05, 3.63) is 18.2 Å². The van der Waals surface area contributed by atoms with Crippen LogP contribution in [0, 0.1) is 5.92 Å². The Balaban J connectivity index is 2.78. The predicted octanol–water partition coefficient (Wildman–Crippen LogP) is 0.328. The molecule has 1 amide bonds. The zero-order valence-electron chi connectivity index (χ0n) is 12.3. The molecule has 0 saturated heterocycles. The highest BCUT2D eigenvalue weighted by Gasteiger charge is 2.20. The second-order valence-electron chi connectivity index (χ2n) is 4.93. The van der Waals surface area contributed by atoms with Gasteiger partial charge in [-0.05, 0) is 24.1 Å². The molecule has 7 nitrogen and oxygen atoms in total. The van der Waals surface area contributed by atoms with Crippen LogP contribution in [-0.4, -0.2) is 34.5 Å². The highest BCUT2D eigenvalue weighted by Crippen LogP contribution is 2.25. The number of hydrogen-bond donors (Lipinski definition) is 3. The first-order valence-electron chi connectivity index (χ1n) is 6.46. The fraction of sp³-hybridized carbons (Fsp3) is 0.462. The summed E-state index contributed by atoms with van der Waals surface area (Å²) in [4.78, 5) is 11.5. The first-order chi connectivity index (χ1) is 9.76. The Morgan fingerprint density at radius 2 is 2.05 bits per heavy atom. The highest BCUT2D eigenvalue weighted by atomic mass is 32.2. The second kappa shape index (κ2) is 7.28. The lowest BCUT2D eigenvalue weighted by molar-refractivity contribution is -0.120. The number of amides is 1. The molecule has 0 atom stereocenters. The third-order valence-corrected chi connectivity index (χ3v) is 4.03. The van der Waals surface area contributed by atoms with Crippen LogP contribution in [-0.2, 0) is 14.8 Å². The van der Waals surface area contributed by atoms with Gasteiger partial charge in [-0.2, -0.15) is 0 Å². The molecule has 0 unspecified atom stereocenters. The van der Waals surface area contributed by atoms with E-state index in [-0.39, 0.29) is 17.2 Å². The summed E-state index contributed by atoms with van der Waals surface area (Å²) in [5, 5.41) is 2.62. The minimum absolute atomic E-state index is 0.0957. The number of benzene rings is 1. The number of hydrogen-bond acceptors (Lipinski definition) is 5. The molecule has 0 radical (unpaired) electrons. The Bertz CT molecular complexity index is 599. The first-order valence-corrected chi connectivity index (χ1v) is 7.94. The molecule has 0 heterocycles. The number of nitrogens with two attached hydrogens (primary N) is 1. The summed E-state index contributed by atoms with van der Waals surface area (Å²) in [5.41, 5.74) is 5.88. The van der Waals surface area contributed by atoms with E-state index in [1.165, 1.54) is 25.3 Å². The molecule has 0 aliphatic carbocycles. The fourth-order valence-electron chi connectivity index (χ4n) is 1.52. The monoisotopic (exact) mass is 315 g/mol. The largest absolute Gasteiger partial charge is 0.495 e. The van der Waals surface area contributed by atoms with Gasteiger partial charge in [0.1, 0.15) is 10.6 Å². The summed E-state index contributed by atoms with van der Waals surface area (Å²) in [6.45, 7) is 4.04. The summed E-state index contributed by atoms with van der Waals surface area (Å²) in [7, 11) is -2.51. The normalized spacial score (nSPS) is 11.4. The maximum atomic E-state index is 12.2. The van der Waals surface area contributed by atoms with Gasteiger partial charge < -0.3 is 15.8 Å². The lowest BCUT2D eigenvalue weighted by atomic mass is 10.2. The van der Waals surface area contributed by atoms with Crippen LogP contribution in [0.3, 0.4) is 0 Å². The van der Waals surface area contributed by atoms with Crippen LogP contribution in [0.2, 0.25) is 0 Å². The van der Waals surface area contributed by atoms with Crippen LogP contribution >= 0.6 is 0 Å². The van der Waals surface area contributed by atoms with Crippen LogP contribution < -0.4 is 20.5 Å². The Hall–Kier alpha value is -1.80. The number of methoxy groups -OCH3 is 1. The zero-order chi connectivity index (χ0) is 16.0. The lowest BCUT2D eigenvalue weighted by Crippen LogP contribution is -2.38. The van der Waals surface area contributed by atoms with Gasteiger partial charge in [0.05, 0.1) is 13.7 Å². The van der Waals surface area contributed by atoms with Crippen molar-refractivity contribution in [1.82, 2.24) is 10.0 Å². The summed E-state index contributed by atoms with van der Waals surface area (Å²) >= 11 is 0. The van der Waals surface area contributed by atoms with Crippen molar-refractivity contribution < 1.29 is 17.9 Å². The Kier molecular flexibility index (Phi) is 5.98. The molecule has 21 heavy (non-hydrogen) atoms. The number of nitrogen functional groups attached to an aromatic ring is 1. The minimum atomic E-state index is -3.87. The molecule has 0 saturated carbocycles. The molecule has 0 spiro atoms. The second-order valence-corrected chi connectivity index (χ2v) is 6.67. The molecular formula is C13H21N3O4S. The predicted molar refractivity (Wildman–Crippen MR) is 80.4 cm³/mol. The van der Waals surface area contributed by atoms with E-state index in [0.717, 1.165) is 0 Å². The number of anilines is 1. The standard InChI is InChI=1S/C13H21N3O4S/c1-9(2)7-15-13(17)8-16-21(18,19)12-6-10(14)4-5-11(12)20-3/h4-6,9,16H,7-8,14H2,1-3H3,(H,15,17). The third-order valence-electron chi connectivity index (χ3n) is 2.61. The van der Waals surface area contributed by atoms with Gasteiger partial charge in [-0.3, -0.25) is 4.79 Å². The van der Waals surface area contributed by atoms with E-state index < -0.39 is 15.9 Å². The molecule has 0 aromatic heterocycles. The molecule has 0 aliphatic heterocycles. The van der Waals surface area contributed by atoms with Crippen molar-refractivity contribution in [2.75, 3.05) is 25.9 Å². The van der Waals surface area contributed by atoms with Crippen molar-refractivity contribution in [3.63, 3.8) is 0 Å². The van der Waals surface area contributed by atoms with Gasteiger partial charge in [0.15, 0.2) is 0 Å². The number of carbonyl (C=O) groups excluding carboxylic acids is 1. The fourth-order valence-corrected chi connectivity index (χ4v) is 2.71. The Labute approximate surface area is 124 Å². The zero-order valence-corrected chi connectivity index (χ0v) is 13.2. The minimum Gasteiger partial charge on any atom is -0.495 e. The highest BCUT2D eigenvalue weighted by molar-refractivity contribution is 7.89. The third kappa shape index (κ3) is 5.24. The molecular weight excluding hydrogens is 294 g/mol. The Morgan fingerprint density at radius 1 is 1.38 bits per heavy atom. The van der Waals surface area contributed by atoms with Gasteiger partial charge in [-0.15, -0.1) is 0 Å². The summed E-state index contributed by atoms with van der Waals surface area (Å²) in [5.74, 6) is 0.0639. The van der Waals surface area contributed by atoms with E-state index in [1.54, 1.807) is 0 Å². The number of rotatable bonds is 7. The Morgan fingerprint density at radius 3 is 2.62 bits per heavy atom. The van der Waals surface area contributed by atoms with Crippen molar-refractivity contribution in [1.29, 1.82) is 0 Å². The molecule has 0 bridgehead atoms. The summed E-state index contributed by atoms with van der Waals surface area (Å²) in [6.07, 6.45) is 0. The molecule has 0 aliphatic rings. The quantitative estimate of drug-likeness (QED) is 0.628. The van der Waals surface area contributed by atoms with Gasteiger partial charge in [0.25, 0.3) is 0 Å². The van der Waals surface area contributed by atoms with E-state index in [0.29, 0.717) is 18.2 Å². The van der Waals surface area contributed by atoms with Crippen LogP contribution in [0.4, 0.5) is 5.69 Å². The van der Waals surface area contributed by atoms with Crippen LogP contribution in [0.15, 0.2) is 23.1 Å². The van der Waals surface area contributed by atoms with Gasteiger partial charge in [-0.1, -0.05) is 13.8 Å². The maximum absolute atomic E-state index is 12.2. The van der Waals surface area contributed by atoms with Crippen molar-refractivity contribution in [2.45, 2.75) is 18.7 Å². The van der Waals surface area contributed by atoms with Crippen LogP contribution in [0.5, 0.6) is 5.75 Å². The van der Waals surface area contributed by atoms with Crippen LogP contribution in [0.1, 0.15) is 13.8 Å². The average molecular weight is 315 g/mol. The van der Waals surface area contributed by atoms with Gasteiger partial charge in [0, 0.05) is 12.2 Å². The average Bonchev–Trinajstić information content (AvgIpc) is 2.43. The van der Waals surface area contributed by atoms with E-state index >= 15 is 0 Å². The number of sulfonamides is 1. The number of nitrogens with one attached hydrogen (secondary N) is 2. The number of ether oxygens (including phenoxy) is 1. The summed E-state index contributed by atoms with van der Waals surface area (Å²) < 4.78 is 31.6. The van der Waals surface area contributed by atoms with Crippen molar-refractivity contribution in [3.8, 4) is 5.75 Å². The molecule has 1 aromatic carbocycles. The van der Waals surface area contributed by atoms with E-state index in [1.807, 2.05) is 13.8 Å². The van der Waals surface area contributed by atoms with Crippen molar-refractivity contribution >= 4 is 21.6 Å². The first kappa shape index (κ1) is 17.3. The smallest absolute Gasteiger partial charge is 0.244 e. The topological polar surface area (TPSA) is 111 Å². The summed E-state index contributed by atoms with van der Waals surface area (Å²) in [6, 6.07) is 4.28. The van der Waals surface area contributed by atoms with Crippen LogP contribution in [0.25, 0.3) is 0 Å². The molecule has 4 N–H and O–H groups in total.